The molecule has 0 bridgehead atoms. The summed E-state index contributed by atoms with van der Waals surface area (Å²) in [5.74, 6) is -0.819. The minimum absolute atomic E-state index is 0.541. The average Bonchev–Trinajstić information content (AvgIpc) is 2.65. The SMILES string of the molecule is CC(C(=O)O)N(C)c1cn(C)c2ccccc12. The monoisotopic (exact) mass is 232 g/mol. The number of carbonyl (C=O) groups is 1. The lowest BCUT2D eigenvalue weighted by molar-refractivity contribution is -0.138. The first-order valence-corrected chi connectivity index (χ1v) is 5.52. The molecule has 4 heteroatoms. The van der Waals surface area contributed by atoms with Crippen molar-refractivity contribution in [1.82, 2.24) is 4.57 Å². The van der Waals surface area contributed by atoms with Crippen LogP contribution >= 0.6 is 0 Å². The number of rotatable bonds is 3. The van der Waals surface area contributed by atoms with Crippen molar-refractivity contribution in [3.05, 3.63) is 30.5 Å². The van der Waals surface area contributed by atoms with Crippen LogP contribution in [0.4, 0.5) is 5.69 Å². The normalized spacial score (nSPS) is 12.6. The van der Waals surface area contributed by atoms with Crippen molar-refractivity contribution in [2.24, 2.45) is 7.05 Å². The van der Waals surface area contributed by atoms with E-state index in [1.165, 1.54) is 0 Å². The number of nitrogens with zero attached hydrogens (tertiary/aromatic N) is 2. The fourth-order valence-electron chi connectivity index (χ4n) is 1.98. The van der Waals surface area contributed by atoms with Crippen molar-refractivity contribution in [2.45, 2.75) is 13.0 Å². The third-order valence-electron chi connectivity index (χ3n) is 3.19. The topological polar surface area (TPSA) is 45.5 Å². The third-order valence-corrected chi connectivity index (χ3v) is 3.19. The quantitative estimate of drug-likeness (QED) is 0.881. The first kappa shape index (κ1) is 11.5. The molecule has 0 saturated carbocycles. The average molecular weight is 232 g/mol. The van der Waals surface area contributed by atoms with Gasteiger partial charge in [0.05, 0.1) is 5.69 Å². The fraction of sp³-hybridized carbons (Fsp3) is 0.308. The number of aryl methyl sites for hydroxylation is 1. The number of carboxylic acids is 1. The van der Waals surface area contributed by atoms with Crippen molar-refractivity contribution in [1.29, 1.82) is 0 Å². The van der Waals surface area contributed by atoms with Crippen LogP contribution in [0, 0.1) is 0 Å². The first-order valence-electron chi connectivity index (χ1n) is 5.52. The van der Waals surface area contributed by atoms with Crippen LogP contribution in [-0.4, -0.2) is 28.7 Å². The Morgan fingerprint density at radius 1 is 1.41 bits per heavy atom. The number of carboxylic acid groups (broad SMARTS) is 1. The van der Waals surface area contributed by atoms with Gasteiger partial charge in [0.2, 0.25) is 0 Å². The zero-order chi connectivity index (χ0) is 12.6. The molecule has 4 nitrogen and oxygen atoms in total. The number of hydrogen-bond donors (Lipinski definition) is 1. The lowest BCUT2D eigenvalue weighted by atomic mass is 10.2. The van der Waals surface area contributed by atoms with Crippen LogP contribution in [0.1, 0.15) is 6.92 Å². The molecule has 0 radical (unpaired) electrons. The van der Waals surface area contributed by atoms with Gasteiger partial charge in [0.1, 0.15) is 6.04 Å². The summed E-state index contributed by atoms with van der Waals surface area (Å²) in [6.45, 7) is 1.68. The second kappa shape index (κ2) is 4.13. The van der Waals surface area contributed by atoms with Crippen molar-refractivity contribution in [3.8, 4) is 0 Å². The van der Waals surface area contributed by atoms with E-state index in [1.54, 1.807) is 18.9 Å². The van der Waals surface area contributed by atoms with E-state index in [1.807, 2.05) is 42.1 Å². The molecule has 0 amide bonds. The Morgan fingerprint density at radius 2 is 2.06 bits per heavy atom. The van der Waals surface area contributed by atoms with Crippen molar-refractivity contribution >= 4 is 22.6 Å². The lowest BCUT2D eigenvalue weighted by Crippen LogP contribution is -2.35. The summed E-state index contributed by atoms with van der Waals surface area (Å²) in [6.07, 6.45) is 1.96. The van der Waals surface area contributed by atoms with E-state index in [0.717, 1.165) is 16.6 Å². The fourth-order valence-corrected chi connectivity index (χ4v) is 1.98. The summed E-state index contributed by atoms with van der Waals surface area (Å²) in [5, 5.41) is 10.1. The van der Waals surface area contributed by atoms with Gasteiger partial charge < -0.3 is 14.6 Å². The molecule has 2 aromatic rings. The number of fused-ring (bicyclic) bond motifs is 1. The van der Waals surface area contributed by atoms with Crippen molar-refractivity contribution < 1.29 is 9.90 Å². The molecule has 0 spiro atoms. The number of aliphatic carboxylic acids is 1. The minimum atomic E-state index is -0.819. The number of hydrogen-bond acceptors (Lipinski definition) is 2. The standard InChI is InChI=1S/C13H16N2O2/c1-9(13(16)17)15(3)12-8-14(2)11-7-5-4-6-10(11)12/h4-9H,1-3H3,(H,16,17). The van der Waals surface area contributed by atoms with Gasteiger partial charge in [-0.15, -0.1) is 0 Å². The van der Waals surface area contributed by atoms with E-state index in [0.29, 0.717) is 0 Å². The predicted molar refractivity (Wildman–Crippen MR) is 68.4 cm³/mol. The van der Waals surface area contributed by atoms with E-state index in [2.05, 4.69) is 0 Å². The molecule has 1 aromatic carbocycles. The summed E-state index contributed by atoms with van der Waals surface area (Å²) in [6, 6.07) is 7.44. The van der Waals surface area contributed by atoms with Gasteiger partial charge >= 0.3 is 5.97 Å². The molecule has 2 rings (SSSR count). The third kappa shape index (κ3) is 1.86. The zero-order valence-corrected chi connectivity index (χ0v) is 10.2. The molecule has 1 N–H and O–H groups in total. The summed E-state index contributed by atoms with van der Waals surface area (Å²) < 4.78 is 2.01. The van der Waals surface area contributed by atoms with Crippen LogP contribution in [-0.2, 0) is 11.8 Å². The molecular weight excluding hydrogens is 216 g/mol. The summed E-state index contributed by atoms with van der Waals surface area (Å²) >= 11 is 0. The van der Waals surface area contributed by atoms with E-state index in [4.69, 9.17) is 5.11 Å². The van der Waals surface area contributed by atoms with Crippen molar-refractivity contribution in [3.63, 3.8) is 0 Å². The van der Waals surface area contributed by atoms with Gasteiger partial charge in [0, 0.05) is 31.2 Å². The van der Waals surface area contributed by atoms with Crippen LogP contribution in [0.15, 0.2) is 30.5 Å². The number of likely N-dealkylation sites (N-methyl/N-ethyl adjacent to an activating group) is 1. The molecular formula is C13H16N2O2. The molecule has 1 heterocycles. The Bertz CT molecular complexity index is 560. The lowest BCUT2D eigenvalue weighted by Gasteiger charge is -2.22. The molecule has 1 aromatic heterocycles. The maximum Gasteiger partial charge on any atom is 0.326 e. The van der Waals surface area contributed by atoms with E-state index in [-0.39, 0.29) is 0 Å². The summed E-state index contributed by atoms with van der Waals surface area (Å²) in [4.78, 5) is 12.8. The van der Waals surface area contributed by atoms with Crippen molar-refractivity contribution in [2.75, 3.05) is 11.9 Å². The first-order chi connectivity index (χ1) is 8.02. The Kier molecular flexibility index (Phi) is 2.79. The Balaban J connectivity index is 2.52. The Morgan fingerprint density at radius 3 is 2.71 bits per heavy atom. The molecule has 1 unspecified atom stereocenters. The Labute approximate surface area is 100 Å². The second-order valence-corrected chi connectivity index (χ2v) is 4.27. The smallest absolute Gasteiger partial charge is 0.326 e. The second-order valence-electron chi connectivity index (χ2n) is 4.27. The zero-order valence-electron chi connectivity index (χ0n) is 10.2. The van der Waals surface area contributed by atoms with Gasteiger partial charge in [-0.1, -0.05) is 18.2 Å². The Hall–Kier alpha value is -1.97. The molecule has 0 saturated heterocycles. The van der Waals surface area contributed by atoms with E-state index < -0.39 is 12.0 Å². The van der Waals surface area contributed by atoms with Gasteiger partial charge in [0.15, 0.2) is 0 Å². The molecule has 0 fully saturated rings. The van der Waals surface area contributed by atoms with Gasteiger partial charge in [-0.05, 0) is 13.0 Å². The van der Waals surface area contributed by atoms with Gasteiger partial charge in [-0.2, -0.15) is 0 Å². The van der Waals surface area contributed by atoms with E-state index >= 15 is 0 Å². The highest BCUT2D eigenvalue weighted by Crippen LogP contribution is 2.28. The van der Waals surface area contributed by atoms with Crippen LogP contribution in [0.5, 0.6) is 0 Å². The maximum atomic E-state index is 11.0. The molecule has 0 aliphatic rings. The van der Waals surface area contributed by atoms with Gasteiger partial charge in [-0.25, -0.2) is 4.79 Å². The summed E-state index contributed by atoms with van der Waals surface area (Å²) in [5.41, 5.74) is 2.05. The van der Waals surface area contributed by atoms with Gasteiger partial charge in [-0.3, -0.25) is 0 Å². The highest BCUT2D eigenvalue weighted by molar-refractivity contribution is 5.95. The molecule has 17 heavy (non-hydrogen) atoms. The maximum absolute atomic E-state index is 11.0. The van der Waals surface area contributed by atoms with Gasteiger partial charge in [0.25, 0.3) is 0 Å². The number of para-hydroxylation sites is 1. The number of benzene rings is 1. The molecule has 0 aliphatic carbocycles. The highest BCUT2D eigenvalue weighted by atomic mass is 16.4. The number of anilines is 1. The largest absolute Gasteiger partial charge is 0.480 e. The van der Waals surface area contributed by atoms with Crippen LogP contribution in [0.2, 0.25) is 0 Å². The molecule has 1 atom stereocenters. The van der Waals surface area contributed by atoms with Crippen LogP contribution in [0.25, 0.3) is 10.9 Å². The van der Waals surface area contributed by atoms with Crippen LogP contribution < -0.4 is 4.90 Å². The summed E-state index contributed by atoms with van der Waals surface area (Å²) in [7, 11) is 3.77. The molecule has 0 aliphatic heterocycles. The van der Waals surface area contributed by atoms with E-state index in [9.17, 15) is 4.79 Å². The minimum Gasteiger partial charge on any atom is -0.480 e. The highest BCUT2D eigenvalue weighted by Gasteiger charge is 2.20. The predicted octanol–water partition coefficient (Wildman–Crippen LogP) is 2.09. The number of aromatic nitrogens is 1. The van der Waals surface area contributed by atoms with Crippen LogP contribution in [0.3, 0.4) is 0 Å². The molecule has 90 valence electrons.